The second-order valence-electron chi connectivity index (χ2n) is 13.0. The molecular formula is C29H42N2O6S. The van der Waals surface area contributed by atoms with Crippen LogP contribution < -0.4 is 10.2 Å². The van der Waals surface area contributed by atoms with Gasteiger partial charge >= 0.3 is 6.09 Å². The zero-order valence-corrected chi connectivity index (χ0v) is 24.8. The molecule has 1 aromatic heterocycles. The first kappa shape index (κ1) is 29.9. The highest BCUT2D eigenvalue weighted by Crippen LogP contribution is 2.40. The molecule has 0 spiro atoms. The molecule has 1 aliphatic rings. The summed E-state index contributed by atoms with van der Waals surface area (Å²) in [6.07, 6.45) is -0.657. The van der Waals surface area contributed by atoms with Crippen LogP contribution in [-0.2, 0) is 28.5 Å². The van der Waals surface area contributed by atoms with Gasteiger partial charge in [0.1, 0.15) is 5.60 Å². The summed E-state index contributed by atoms with van der Waals surface area (Å²) in [5.41, 5.74) is 2.09. The number of benzene rings is 1. The smallest absolute Gasteiger partial charge is 0.410 e. The number of aliphatic hydroxyl groups excluding tert-OH is 1. The molecule has 38 heavy (non-hydrogen) atoms. The van der Waals surface area contributed by atoms with E-state index < -0.39 is 11.7 Å². The number of carbonyl (C=O) groups excluding carboxylic acids is 2. The molecule has 0 saturated carbocycles. The number of aliphatic hydroxyl groups is 1. The number of rotatable bonds is 5. The van der Waals surface area contributed by atoms with Crippen LogP contribution in [0.3, 0.4) is 0 Å². The van der Waals surface area contributed by atoms with E-state index in [1.165, 1.54) is 11.3 Å². The highest BCUT2D eigenvalue weighted by atomic mass is 32.1. The van der Waals surface area contributed by atoms with Gasteiger partial charge in [0.05, 0.1) is 17.5 Å². The Kier molecular flexibility index (Phi) is 8.56. The Bertz CT molecular complexity index is 1150. The van der Waals surface area contributed by atoms with Crippen molar-refractivity contribution in [3.63, 3.8) is 0 Å². The fourth-order valence-electron chi connectivity index (χ4n) is 4.59. The van der Waals surface area contributed by atoms with Crippen molar-refractivity contribution in [3.05, 3.63) is 50.2 Å². The summed E-state index contributed by atoms with van der Waals surface area (Å²) in [4.78, 5) is 33.5. The molecule has 2 heterocycles. The summed E-state index contributed by atoms with van der Waals surface area (Å²) >= 11 is 1.42. The number of nitrogens with zero attached hydrogens (tertiary/aromatic N) is 1. The van der Waals surface area contributed by atoms with Gasteiger partial charge in [-0.25, -0.2) is 10.1 Å². The van der Waals surface area contributed by atoms with Gasteiger partial charge in [-0.1, -0.05) is 41.5 Å². The molecule has 0 saturated heterocycles. The SMILES string of the molecule is CC(C)(C)OC(=O)N1CCc2sc(C(=O)NCC(O)c3c(C(C)(C)C)cc(OO)cc3C(C)(C)C)cc2C1. The first-order valence-electron chi connectivity index (χ1n) is 13.0. The van der Waals surface area contributed by atoms with Crippen molar-refractivity contribution in [1.82, 2.24) is 10.2 Å². The second kappa shape index (κ2) is 10.9. The number of hydrogen-bond donors (Lipinski definition) is 3. The Morgan fingerprint density at radius 3 is 2.11 bits per heavy atom. The Labute approximate surface area is 229 Å². The maximum absolute atomic E-state index is 13.1. The van der Waals surface area contributed by atoms with Gasteiger partial charge in [0.15, 0.2) is 5.75 Å². The van der Waals surface area contributed by atoms with Crippen LogP contribution in [0.5, 0.6) is 5.75 Å². The van der Waals surface area contributed by atoms with Crippen LogP contribution in [0, 0.1) is 0 Å². The number of thiophene rings is 1. The van der Waals surface area contributed by atoms with Crippen molar-refractivity contribution >= 4 is 23.3 Å². The predicted molar refractivity (Wildman–Crippen MR) is 149 cm³/mol. The molecule has 9 heteroatoms. The minimum Gasteiger partial charge on any atom is -0.444 e. The first-order chi connectivity index (χ1) is 17.4. The number of amides is 2. The summed E-state index contributed by atoms with van der Waals surface area (Å²) in [7, 11) is 0. The lowest BCUT2D eigenvalue weighted by molar-refractivity contribution is -0.137. The zero-order valence-electron chi connectivity index (χ0n) is 24.0. The van der Waals surface area contributed by atoms with Crippen LogP contribution in [0.1, 0.15) is 105 Å². The maximum atomic E-state index is 13.1. The lowest BCUT2D eigenvalue weighted by Gasteiger charge is -2.32. The fraction of sp³-hybridized carbons (Fsp3) is 0.586. The molecule has 1 aliphatic heterocycles. The van der Waals surface area contributed by atoms with E-state index in [0.717, 1.165) is 27.1 Å². The van der Waals surface area contributed by atoms with E-state index in [-0.39, 0.29) is 29.4 Å². The van der Waals surface area contributed by atoms with Crippen molar-refractivity contribution in [2.24, 2.45) is 0 Å². The number of nitrogens with one attached hydrogen (secondary N) is 1. The molecule has 0 fully saturated rings. The molecule has 8 nitrogen and oxygen atoms in total. The minimum absolute atomic E-state index is 0.0247. The molecule has 0 radical (unpaired) electrons. The van der Waals surface area contributed by atoms with Crippen molar-refractivity contribution in [1.29, 1.82) is 0 Å². The van der Waals surface area contributed by atoms with Gasteiger partial charge < -0.3 is 24.9 Å². The van der Waals surface area contributed by atoms with E-state index in [2.05, 4.69) is 10.2 Å². The summed E-state index contributed by atoms with van der Waals surface area (Å²) in [6, 6.07) is 5.30. The van der Waals surface area contributed by atoms with Crippen LogP contribution in [0.25, 0.3) is 0 Å². The monoisotopic (exact) mass is 546 g/mol. The van der Waals surface area contributed by atoms with Gasteiger partial charge in [-0.15, -0.1) is 11.3 Å². The molecular weight excluding hydrogens is 504 g/mol. The molecule has 1 atom stereocenters. The van der Waals surface area contributed by atoms with E-state index in [0.29, 0.717) is 30.1 Å². The third-order valence-corrected chi connectivity index (χ3v) is 7.64. The van der Waals surface area contributed by atoms with Gasteiger partial charge in [0.25, 0.3) is 5.91 Å². The highest BCUT2D eigenvalue weighted by molar-refractivity contribution is 7.14. The molecule has 1 aromatic carbocycles. The quantitative estimate of drug-likeness (QED) is 0.316. The lowest BCUT2D eigenvalue weighted by atomic mass is 9.74. The molecule has 1 unspecified atom stereocenters. The third-order valence-electron chi connectivity index (χ3n) is 6.41. The van der Waals surface area contributed by atoms with Crippen LogP contribution in [0.2, 0.25) is 0 Å². The zero-order chi connectivity index (χ0) is 28.6. The largest absolute Gasteiger partial charge is 0.444 e. The average molecular weight is 547 g/mol. The Morgan fingerprint density at radius 2 is 1.61 bits per heavy atom. The van der Waals surface area contributed by atoms with Crippen molar-refractivity contribution < 1.29 is 29.6 Å². The first-order valence-corrected chi connectivity index (χ1v) is 13.8. The maximum Gasteiger partial charge on any atom is 0.410 e. The molecule has 3 rings (SSSR count). The van der Waals surface area contributed by atoms with Crippen LogP contribution >= 0.6 is 11.3 Å². The number of fused-ring (bicyclic) bond motifs is 1. The average Bonchev–Trinajstić information content (AvgIpc) is 3.22. The van der Waals surface area contributed by atoms with E-state index in [1.54, 1.807) is 17.0 Å². The van der Waals surface area contributed by atoms with E-state index in [1.807, 2.05) is 68.4 Å². The van der Waals surface area contributed by atoms with Crippen LogP contribution in [0.4, 0.5) is 4.79 Å². The molecule has 3 N–H and O–H groups in total. The predicted octanol–water partition coefficient (Wildman–Crippen LogP) is 5.95. The van der Waals surface area contributed by atoms with Gasteiger partial charge in [-0.2, -0.15) is 0 Å². The van der Waals surface area contributed by atoms with Gasteiger partial charge in [0, 0.05) is 18.0 Å². The third kappa shape index (κ3) is 7.07. The summed E-state index contributed by atoms with van der Waals surface area (Å²) in [5.74, 6) is 0.0432. The summed E-state index contributed by atoms with van der Waals surface area (Å²) < 4.78 is 5.50. The van der Waals surface area contributed by atoms with Gasteiger partial charge in [-0.05, 0) is 78.5 Å². The fourth-order valence-corrected chi connectivity index (χ4v) is 5.66. The second-order valence-corrected chi connectivity index (χ2v) is 14.1. The van der Waals surface area contributed by atoms with E-state index in [4.69, 9.17) is 4.74 Å². The Hall–Kier alpha value is -2.62. The summed E-state index contributed by atoms with van der Waals surface area (Å²) in [5, 5.41) is 23.6. The lowest BCUT2D eigenvalue weighted by Crippen LogP contribution is -2.39. The highest BCUT2D eigenvalue weighted by Gasteiger charge is 2.32. The Balaban J connectivity index is 1.78. The minimum atomic E-state index is -0.965. The van der Waals surface area contributed by atoms with Crippen molar-refractivity contribution in [3.8, 4) is 5.75 Å². The van der Waals surface area contributed by atoms with Crippen LogP contribution in [-0.4, -0.2) is 46.0 Å². The van der Waals surface area contributed by atoms with Crippen molar-refractivity contribution in [2.75, 3.05) is 13.1 Å². The Morgan fingerprint density at radius 1 is 1.03 bits per heavy atom. The molecule has 0 bridgehead atoms. The summed E-state index contributed by atoms with van der Waals surface area (Å²) in [6.45, 7) is 18.7. The van der Waals surface area contributed by atoms with Gasteiger partial charge in [0.2, 0.25) is 0 Å². The molecule has 0 aliphatic carbocycles. The normalized spacial score (nSPS) is 15.1. The van der Waals surface area contributed by atoms with E-state index in [9.17, 15) is 20.0 Å². The van der Waals surface area contributed by atoms with Crippen LogP contribution in [0.15, 0.2) is 18.2 Å². The molecule has 2 aromatic rings. The van der Waals surface area contributed by atoms with Crippen molar-refractivity contribution in [2.45, 2.75) is 97.8 Å². The number of hydrogen-bond acceptors (Lipinski definition) is 7. The number of ether oxygens (including phenoxy) is 1. The number of carbonyl (C=O) groups is 2. The standard InChI is InChI=1S/C29H42N2O6S/c1-27(2,3)19-13-18(37-35)14-20(28(4,5)6)24(19)21(32)15-30-25(33)23-12-17-16-31(11-10-22(17)38-23)26(34)36-29(7,8)9/h12-14,21,32,35H,10-11,15-16H2,1-9H3,(H,30,33). The topological polar surface area (TPSA) is 108 Å². The van der Waals surface area contributed by atoms with Gasteiger partial charge in [-0.3, -0.25) is 4.79 Å². The molecule has 210 valence electrons. The molecule has 2 amide bonds. The van der Waals surface area contributed by atoms with E-state index >= 15 is 0 Å².